The van der Waals surface area contributed by atoms with E-state index in [1.165, 1.54) is 5.56 Å². The number of carbonyl (C=O) groups excluding carboxylic acids is 2. The molecule has 1 aromatic carbocycles. The molecule has 144 valence electrons. The largest absolute Gasteiger partial charge is 0.383 e. The van der Waals surface area contributed by atoms with Crippen molar-refractivity contribution in [2.24, 2.45) is 5.92 Å². The summed E-state index contributed by atoms with van der Waals surface area (Å²) in [4.78, 5) is 26.4. The molecule has 1 heterocycles. The fraction of sp³-hybridized carbons (Fsp3) is 0.600. The standard InChI is InChI=1S/C20H31N3O3/c1-15(2)17-4-6-18(7-5-17)22-20(25)19(24)21-14-16-8-10-23(11-9-16)12-13-26-3/h4-7,15-16H,8-14H2,1-3H3,(H,21,24)(H,22,25). The molecule has 0 bridgehead atoms. The van der Waals surface area contributed by atoms with Gasteiger partial charge in [0.05, 0.1) is 6.61 Å². The summed E-state index contributed by atoms with van der Waals surface area (Å²) in [5.74, 6) is -0.320. The predicted molar refractivity (Wildman–Crippen MR) is 103 cm³/mol. The van der Waals surface area contributed by atoms with Gasteiger partial charge in [-0.05, 0) is 55.5 Å². The third-order valence-electron chi connectivity index (χ3n) is 4.91. The number of nitrogens with zero attached hydrogens (tertiary/aromatic N) is 1. The van der Waals surface area contributed by atoms with Gasteiger partial charge in [0.2, 0.25) is 0 Å². The zero-order valence-electron chi connectivity index (χ0n) is 16.1. The first-order valence-corrected chi connectivity index (χ1v) is 9.40. The number of carbonyl (C=O) groups is 2. The van der Waals surface area contributed by atoms with Crippen LogP contribution in [-0.2, 0) is 14.3 Å². The van der Waals surface area contributed by atoms with Gasteiger partial charge in [-0.25, -0.2) is 0 Å². The zero-order valence-corrected chi connectivity index (χ0v) is 16.1. The summed E-state index contributed by atoms with van der Waals surface area (Å²) in [7, 11) is 1.71. The fourth-order valence-electron chi connectivity index (χ4n) is 3.09. The van der Waals surface area contributed by atoms with Crippen LogP contribution in [0.25, 0.3) is 0 Å². The smallest absolute Gasteiger partial charge is 0.313 e. The maximum atomic E-state index is 12.0. The highest BCUT2D eigenvalue weighted by Gasteiger charge is 2.21. The second-order valence-corrected chi connectivity index (χ2v) is 7.22. The van der Waals surface area contributed by atoms with Gasteiger partial charge in [0, 0.05) is 25.9 Å². The summed E-state index contributed by atoms with van der Waals surface area (Å²) >= 11 is 0. The Bertz CT molecular complexity index is 578. The Morgan fingerprint density at radius 3 is 2.38 bits per heavy atom. The van der Waals surface area contributed by atoms with Crippen molar-refractivity contribution in [1.82, 2.24) is 10.2 Å². The normalized spacial score (nSPS) is 15.8. The topological polar surface area (TPSA) is 70.7 Å². The van der Waals surface area contributed by atoms with Crippen LogP contribution in [0.1, 0.15) is 38.2 Å². The SMILES string of the molecule is COCCN1CCC(CNC(=O)C(=O)Nc2ccc(C(C)C)cc2)CC1. The van der Waals surface area contributed by atoms with Crippen molar-refractivity contribution in [3.05, 3.63) is 29.8 Å². The Hall–Kier alpha value is -1.92. The molecular formula is C20H31N3O3. The third-order valence-corrected chi connectivity index (χ3v) is 4.91. The van der Waals surface area contributed by atoms with Crippen LogP contribution in [0.5, 0.6) is 0 Å². The molecule has 0 aromatic heterocycles. The molecule has 6 heteroatoms. The molecule has 0 saturated carbocycles. The first-order valence-electron chi connectivity index (χ1n) is 9.40. The molecule has 1 aliphatic heterocycles. The minimum atomic E-state index is -0.611. The summed E-state index contributed by atoms with van der Waals surface area (Å²) in [5, 5.41) is 5.42. The number of piperidine rings is 1. The molecule has 6 nitrogen and oxygen atoms in total. The van der Waals surface area contributed by atoms with Gasteiger partial charge in [0.15, 0.2) is 0 Å². The number of nitrogens with one attached hydrogen (secondary N) is 2. The summed E-state index contributed by atoms with van der Waals surface area (Å²) in [6.07, 6.45) is 2.06. The minimum absolute atomic E-state index is 0.427. The van der Waals surface area contributed by atoms with E-state index >= 15 is 0 Å². The first kappa shape index (κ1) is 20.4. The second-order valence-electron chi connectivity index (χ2n) is 7.22. The lowest BCUT2D eigenvalue weighted by atomic mass is 9.97. The van der Waals surface area contributed by atoms with E-state index < -0.39 is 11.8 Å². The molecule has 1 aromatic rings. The molecule has 2 rings (SSSR count). The Morgan fingerprint density at radius 1 is 1.15 bits per heavy atom. The summed E-state index contributed by atoms with van der Waals surface area (Å²) < 4.78 is 5.10. The van der Waals surface area contributed by atoms with Gasteiger partial charge in [0.25, 0.3) is 0 Å². The minimum Gasteiger partial charge on any atom is -0.383 e. The average Bonchev–Trinajstić information content (AvgIpc) is 2.65. The Labute approximate surface area is 156 Å². The highest BCUT2D eigenvalue weighted by molar-refractivity contribution is 6.39. The monoisotopic (exact) mass is 361 g/mol. The van der Waals surface area contributed by atoms with E-state index in [1.54, 1.807) is 7.11 Å². The van der Waals surface area contributed by atoms with Gasteiger partial charge < -0.3 is 20.3 Å². The second kappa shape index (κ2) is 10.3. The number of rotatable bonds is 7. The molecular weight excluding hydrogens is 330 g/mol. The van der Waals surface area contributed by atoms with Crippen LogP contribution in [0.4, 0.5) is 5.69 Å². The van der Waals surface area contributed by atoms with Crippen LogP contribution in [-0.4, -0.2) is 56.6 Å². The van der Waals surface area contributed by atoms with Crippen molar-refractivity contribution < 1.29 is 14.3 Å². The first-order chi connectivity index (χ1) is 12.5. The summed E-state index contributed by atoms with van der Waals surface area (Å²) in [6.45, 7) is 8.51. The highest BCUT2D eigenvalue weighted by Crippen LogP contribution is 2.17. The lowest BCUT2D eigenvalue weighted by Gasteiger charge is -2.31. The van der Waals surface area contributed by atoms with Gasteiger partial charge in [0.1, 0.15) is 0 Å². The summed E-state index contributed by atoms with van der Waals surface area (Å²) in [6, 6.07) is 7.59. The molecule has 1 aliphatic rings. The van der Waals surface area contributed by atoms with Gasteiger partial charge in [-0.1, -0.05) is 26.0 Å². The number of ether oxygens (including phenoxy) is 1. The molecule has 0 atom stereocenters. The van der Waals surface area contributed by atoms with E-state index in [0.29, 0.717) is 24.1 Å². The Balaban J connectivity index is 1.70. The van der Waals surface area contributed by atoms with Crippen molar-refractivity contribution in [3.8, 4) is 0 Å². The molecule has 0 unspecified atom stereocenters. The number of likely N-dealkylation sites (tertiary alicyclic amines) is 1. The number of hydrogen-bond donors (Lipinski definition) is 2. The quantitative estimate of drug-likeness (QED) is 0.731. The molecule has 26 heavy (non-hydrogen) atoms. The highest BCUT2D eigenvalue weighted by atomic mass is 16.5. The van der Waals surface area contributed by atoms with Crippen LogP contribution in [0, 0.1) is 5.92 Å². The van der Waals surface area contributed by atoms with Gasteiger partial charge in [-0.2, -0.15) is 0 Å². The molecule has 0 aliphatic carbocycles. The third kappa shape index (κ3) is 6.42. The molecule has 1 saturated heterocycles. The molecule has 0 spiro atoms. The maximum Gasteiger partial charge on any atom is 0.313 e. The van der Waals surface area contributed by atoms with Gasteiger partial charge in [-0.15, -0.1) is 0 Å². The van der Waals surface area contributed by atoms with Crippen molar-refractivity contribution in [2.45, 2.75) is 32.6 Å². The van der Waals surface area contributed by atoms with Crippen molar-refractivity contribution in [1.29, 1.82) is 0 Å². The van der Waals surface area contributed by atoms with Crippen LogP contribution in [0.15, 0.2) is 24.3 Å². The van der Waals surface area contributed by atoms with Gasteiger partial charge in [-0.3, -0.25) is 9.59 Å². The molecule has 2 N–H and O–H groups in total. The summed E-state index contributed by atoms with van der Waals surface area (Å²) in [5.41, 5.74) is 1.84. The van der Waals surface area contributed by atoms with Crippen molar-refractivity contribution >= 4 is 17.5 Å². The van der Waals surface area contributed by atoms with Crippen LogP contribution < -0.4 is 10.6 Å². The van der Waals surface area contributed by atoms with Crippen LogP contribution >= 0.6 is 0 Å². The van der Waals surface area contributed by atoms with E-state index in [1.807, 2.05) is 24.3 Å². The Kier molecular flexibility index (Phi) is 8.06. The maximum absolute atomic E-state index is 12.0. The number of methoxy groups -OCH3 is 1. The van der Waals surface area contributed by atoms with E-state index in [9.17, 15) is 9.59 Å². The number of anilines is 1. The number of amides is 2. The lowest BCUT2D eigenvalue weighted by molar-refractivity contribution is -0.136. The zero-order chi connectivity index (χ0) is 18.9. The van der Waals surface area contributed by atoms with Crippen LogP contribution in [0.2, 0.25) is 0 Å². The fourth-order valence-corrected chi connectivity index (χ4v) is 3.09. The molecule has 2 amide bonds. The predicted octanol–water partition coefficient (Wildman–Crippen LogP) is 2.22. The van der Waals surface area contributed by atoms with Crippen molar-refractivity contribution in [2.75, 3.05) is 45.2 Å². The number of hydrogen-bond acceptors (Lipinski definition) is 4. The average molecular weight is 361 g/mol. The molecule has 0 radical (unpaired) electrons. The Morgan fingerprint density at radius 2 is 1.81 bits per heavy atom. The molecule has 1 fully saturated rings. The van der Waals surface area contributed by atoms with E-state index in [2.05, 4.69) is 29.4 Å². The van der Waals surface area contributed by atoms with E-state index in [-0.39, 0.29) is 0 Å². The number of benzene rings is 1. The lowest BCUT2D eigenvalue weighted by Crippen LogP contribution is -2.42. The van der Waals surface area contributed by atoms with Gasteiger partial charge >= 0.3 is 11.8 Å². The van der Waals surface area contributed by atoms with E-state index in [0.717, 1.165) is 39.1 Å². The van der Waals surface area contributed by atoms with E-state index in [4.69, 9.17) is 4.74 Å². The van der Waals surface area contributed by atoms with Crippen molar-refractivity contribution in [3.63, 3.8) is 0 Å². The van der Waals surface area contributed by atoms with Crippen LogP contribution in [0.3, 0.4) is 0 Å².